The summed E-state index contributed by atoms with van der Waals surface area (Å²) in [5, 5.41) is 0.774. The molecule has 0 radical (unpaired) electrons. The summed E-state index contributed by atoms with van der Waals surface area (Å²) >= 11 is 6.26. The summed E-state index contributed by atoms with van der Waals surface area (Å²) in [5.41, 5.74) is 2.22. The summed E-state index contributed by atoms with van der Waals surface area (Å²) in [6, 6.07) is 12.0. The molecule has 0 aliphatic carbocycles. The van der Waals surface area contributed by atoms with Crippen LogP contribution in [0.2, 0.25) is 5.02 Å². The topological polar surface area (TPSA) is 25.2 Å². The number of nitrogens with zero attached hydrogens (tertiary/aromatic N) is 2. The molecule has 4 heteroatoms. The highest BCUT2D eigenvalue weighted by Crippen LogP contribution is 2.18. The minimum Gasteiger partial charge on any atom is -0.345 e. The van der Waals surface area contributed by atoms with Crippen molar-refractivity contribution in [1.29, 1.82) is 0 Å². The van der Waals surface area contributed by atoms with Gasteiger partial charge in [0.2, 0.25) is 5.91 Å². The van der Waals surface area contributed by atoms with Crippen LogP contribution in [0.1, 0.15) is 38.4 Å². The van der Waals surface area contributed by atoms with E-state index in [9.17, 15) is 4.79 Å². The van der Waals surface area contributed by atoms with E-state index < -0.39 is 0 Å². The summed E-state index contributed by atoms with van der Waals surface area (Å²) in [5.74, 6) is 0.228. The lowest BCUT2D eigenvalue weighted by Gasteiger charge is -2.25. The van der Waals surface area contributed by atoms with Crippen LogP contribution < -0.4 is 0 Å². The number of rotatable bonds is 7. The summed E-state index contributed by atoms with van der Waals surface area (Å²) in [6.07, 6.45) is 3.01. The van der Waals surface area contributed by atoms with Gasteiger partial charge in [-0.2, -0.15) is 0 Å². The molecular weight excluding hydrogens is 308 g/mol. The summed E-state index contributed by atoms with van der Waals surface area (Å²) in [4.78, 5) is 14.3. The maximum absolute atomic E-state index is 12.4. The molecule has 1 aromatic carbocycles. The van der Waals surface area contributed by atoms with E-state index in [0.29, 0.717) is 6.54 Å². The smallest absolute Gasteiger partial charge is 0.225 e. The lowest BCUT2D eigenvalue weighted by atomic mass is 10.1. The summed E-state index contributed by atoms with van der Waals surface area (Å²) < 4.78 is 2.16. The van der Waals surface area contributed by atoms with Gasteiger partial charge in [-0.05, 0) is 30.2 Å². The Labute approximate surface area is 143 Å². The number of amides is 1. The first-order valence-electron chi connectivity index (χ1n) is 8.19. The Hall–Kier alpha value is -1.74. The Kier molecular flexibility index (Phi) is 6.28. The van der Waals surface area contributed by atoms with Crippen molar-refractivity contribution in [2.45, 2.75) is 40.3 Å². The van der Waals surface area contributed by atoms with E-state index >= 15 is 0 Å². The molecule has 0 spiro atoms. The molecule has 0 N–H and O–H groups in total. The maximum Gasteiger partial charge on any atom is 0.225 e. The highest BCUT2D eigenvalue weighted by molar-refractivity contribution is 6.31. The Balaban J connectivity index is 2.16. The molecular formula is C19H25ClN2O. The van der Waals surface area contributed by atoms with Gasteiger partial charge in [-0.1, -0.05) is 50.6 Å². The quantitative estimate of drug-likeness (QED) is 0.728. The van der Waals surface area contributed by atoms with E-state index in [4.69, 9.17) is 11.6 Å². The van der Waals surface area contributed by atoms with Gasteiger partial charge in [-0.25, -0.2) is 0 Å². The second-order valence-electron chi connectivity index (χ2n) is 6.13. The van der Waals surface area contributed by atoms with Crippen molar-refractivity contribution in [2.24, 2.45) is 5.92 Å². The van der Waals surface area contributed by atoms with E-state index in [1.54, 1.807) is 0 Å². The predicted molar refractivity (Wildman–Crippen MR) is 95.5 cm³/mol. The van der Waals surface area contributed by atoms with Gasteiger partial charge in [0.05, 0.1) is 6.54 Å². The van der Waals surface area contributed by atoms with Gasteiger partial charge in [0.25, 0.3) is 0 Å². The molecule has 0 saturated heterocycles. The van der Waals surface area contributed by atoms with Crippen LogP contribution in [-0.2, 0) is 17.9 Å². The maximum atomic E-state index is 12.4. The minimum absolute atomic E-state index is 0.0218. The van der Waals surface area contributed by atoms with Crippen molar-refractivity contribution in [2.75, 3.05) is 6.54 Å². The Bertz CT molecular complexity index is 648. The molecule has 1 aromatic heterocycles. The number of carbonyl (C=O) groups is 1. The number of halogens is 1. The van der Waals surface area contributed by atoms with Crippen LogP contribution in [-0.4, -0.2) is 21.9 Å². The first-order chi connectivity index (χ1) is 11.0. The van der Waals surface area contributed by atoms with Gasteiger partial charge < -0.3 is 9.47 Å². The molecule has 2 aromatic rings. The van der Waals surface area contributed by atoms with Gasteiger partial charge in [0.15, 0.2) is 0 Å². The van der Waals surface area contributed by atoms with Gasteiger partial charge in [-0.3, -0.25) is 4.79 Å². The lowest BCUT2D eigenvalue weighted by molar-refractivity contribution is -0.135. The molecule has 0 bridgehead atoms. The SMILES string of the molecule is CCCN(Cc1cccn1Cc1ccccc1Cl)C(=O)C(C)C. The number of carbonyl (C=O) groups excluding carboxylic acids is 1. The zero-order valence-electron chi connectivity index (χ0n) is 14.1. The van der Waals surface area contributed by atoms with Crippen LogP contribution in [0.15, 0.2) is 42.6 Å². The van der Waals surface area contributed by atoms with Crippen molar-refractivity contribution < 1.29 is 4.79 Å². The van der Waals surface area contributed by atoms with Crippen LogP contribution in [0, 0.1) is 5.92 Å². The van der Waals surface area contributed by atoms with Crippen molar-refractivity contribution in [3.8, 4) is 0 Å². The molecule has 0 aliphatic rings. The van der Waals surface area contributed by atoms with E-state index in [0.717, 1.165) is 35.8 Å². The molecule has 3 nitrogen and oxygen atoms in total. The minimum atomic E-state index is 0.0218. The number of aromatic nitrogens is 1. The number of hydrogen-bond acceptors (Lipinski definition) is 1. The van der Waals surface area contributed by atoms with Gasteiger partial charge in [-0.15, -0.1) is 0 Å². The number of benzene rings is 1. The average Bonchev–Trinajstić information content (AvgIpc) is 2.95. The zero-order valence-corrected chi connectivity index (χ0v) is 14.9. The molecule has 0 unspecified atom stereocenters. The van der Waals surface area contributed by atoms with Crippen LogP contribution >= 0.6 is 11.6 Å². The van der Waals surface area contributed by atoms with E-state index in [2.05, 4.69) is 17.6 Å². The van der Waals surface area contributed by atoms with Crippen LogP contribution in [0.3, 0.4) is 0 Å². The summed E-state index contributed by atoms with van der Waals surface area (Å²) in [6.45, 7) is 8.15. The van der Waals surface area contributed by atoms with Crippen LogP contribution in [0.25, 0.3) is 0 Å². The Morgan fingerprint density at radius 2 is 1.96 bits per heavy atom. The normalized spacial score (nSPS) is 11.0. The molecule has 0 saturated carbocycles. The molecule has 0 atom stereocenters. The molecule has 1 amide bonds. The van der Waals surface area contributed by atoms with Crippen molar-refractivity contribution in [3.63, 3.8) is 0 Å². The van der Waals surface area contributed by atoms with E-state index in [-0.39, 0.29) is 11.8 Å². The lowest BCUT2D eigenvalue weighted by Crippen LogP contribution is -2.35. The third-order valence-corrected chi connectivity index (χ3v) is 4.24. The standard InChI is InChI=1S/C19H25ClN2O/c1-4-11-22(19(23)15(2)3)14-17-9-7-12-21(17)13-16-8-5-6-10-18(16)20/h5-10,12,15H,4,11,13-14H2,1-3H3. The van der Waals surface area contributed by atoms with Crippen molar-refractivity contribution >= 4 is 17.5 Å². The van der Waals surface area contributed by atoms with E-state index in [1.807, 2.05) is 55.3 Å². The van der Waals surface area contributed by atoms with Crippen LogP contribution in [0.5, 0.6) is 0 Å². The fourth-order valence-corrected chi connectivity index (χ4v) is 2.85. The highest BCUT2D eigenvalue weighted by Gasteiger charge is 2.18. The van der Waals surface area contributed by atoms with Gasteiger partial charge in [0.1, 0.15) is 0 Å². The number of hydrogen-bond donors (Lipinski definition) is 0. The Morgan fingerprint density at radius 1 is 1.22 bits per heavy atom. The highest BCUT2D eigenvalue weighted by atomic mass is 35.5. The molecule has 0 fully saturated rings. The van der Waals surface area contributed by atoms with Gasteiger partial charge in [0, 0.05) is 35.9 Å². The first-order valence-corrected chi connectivity index (χ1v) is 8.57. The molecule has 1 heterocycles. The fraction of sp³-hybridized carbons (Fsp3) is 0.421. The molecule has 124 valence electrons. The van der Waals surface area contributed by atoms with Gasteiger partial charge >= 0.3 is 0 Å². The van der Waals surface area contributed by atoms with Crippen molar-refractivity contribution in [3.05, 3.63) is 58.9 Å². The second kappa shape index (κ2) is 8.21. The summed E-state index contributed by atoms with van der Waals surface area (Å²) in [7, 11) is 0. The molecule has 0 aliphatic heterocycles. The molecule has 23 heavy (non-hydrogen) atoms. The average molecular weight is 333 g/mol. The monoisotopic (exact) mass is 332 g/mol. The first kappa shape index (κ1) is 17.6. The van der Waals surface area contributed by atoms with Crippen molar-refractivity contribution in [1.82, 2.24) is 9.47 Å². The largest absolute Gasteiger partial charge is 0.345 e. The second-order valence-corrected chi connectivity index (χ2v) is 6.54. The zero-order chi connectivity index (χ0) is 16.8. The molecule has 2 rings (SSSR count). The Morgan fingerprint density at radius 3 is 2.61 bits per heavy atom. The predicted octanol–water partition coefficient (Wildman–Crippen LogP) is 4.58. The van der Waals surface area contributed by atoms with Crippen LogP contribution in [0.4, 0.5) is 0 Å². The third-order valence-electron chi connectivity index (χ3n) is 3.87. The van der Waals surface area contributed by atoms with E-state index in [1.165, 1.54) is 0 Å². The fourth-order valence-electron chi connectivity index (χ4n) is 2.66. The third kappa shape index (κ3) is 4.61.